The number of anilines is 1. The van der Waals surface area contributed by atoms with Crippen LogP contribution in [-0.4, -0.2) is 50.0 Å². The van der Waals surface area contributed by atoms with E-state index in [0.29, 0.717) is 17.7 Å². The maximum atomic E-state index is 14.0. The molecule has 39 heavy (non-hydrogen) atoms. The van der Waals surface area contributed by atoms with Crippen molar-refractivity contribution in [2.75, 3.05) is 17.1 Å². The summed E-state index contributed by atoms with van der Waals surface area (Å²) in [7, 11) is -3.85. The lowest BCUT2D eigenvalue weighted by Gasteiger charge is -2.34. The first-order chi connectivity index (χ1) is 18.5. The van der Waals surface area contributed by atoms with Gasteiger partial charge < -0.3 is 10.2 Å². The summed E-state index contributed by atoms with van der Waals surface area (Å²) in [4.78, 5) is 28.9. The van der Waals surface area contributed by atoms with Gasteiger partial charge in [-0.25, -0.2) is 12.8 Å². The highest BCUT2D eigenvalue weighted by molar-refractivity contribution is 9.10. The second kappa shape index (κ2) is 13.7. The zero-order valence-corrected chi connectivity index (χ0v) is 24.6. The largest absolute Gasteiger partial charge is 0.352 e. The number of amides is 2. The van der Waals surface area contributed by atoms with Crippen molar-refractivity contribution in [3.63, 3.8) is 0 Å². The minimum absolute atomic E-state index is 0.0114. The number of hydrogen-bond acceptors (Lipinski definition) is 4. The van der Waals surface area contributed by atoms with E-state index < -0.39 is 34.3 Å². The highest BCUT2D eigenvalue weighted by Gasteiger charge is 2.33. The smallest absolute Gasteiger partial charge is 0.244 e. The van der Waals surface area contributed by atoms with Crippen molar-refractivity contribution in [1.82, 2.24) is 10.2 Å². The van der Waals surface area contributed by atoms with E-state index in [0.717, 1.165) is 20.6 Å². The second-order valence-electron chi connectivity index (χ2n) is 9.42. The van der Waals surface area contributed by atoms with Gasteiger partial charge in [0.25, 0.3) is 0 Å². The zero-order valence-electron chi connectivity index (χ0n) is 22.2. The van der Waals surface area contributed by atoms with Gasteiger partial charge in [0, 0.05) is 23.5 Å². The van der Waals surface area contributed by atoms with Gasteiger partial charge in [-0.15, -0.1) is 0 Å². The Kier molecular flexibility index (Phi) is 10.7. The first kappa shape index (κ1) is 30.3. The lowest BCUT2D eigenvalue weighted by Crippen LogP contribution is -2.54. The molecule has 10 heteroatoms. The Morgan fingerprint density at radius 2 is 1.56 bits per heavy atom. The Morgan fingerprint density at radius 3 is 2.13 bits per heavy atom. The van der Waals surface area contributed by atoms with Crippen molar-refractivity contribution in [2.24, 2.45) is 0 Å². The van der Waals surface area contributed by atoms with Crippen LogP contribution in [0.25, 0.3) is 0 Å². The Bertz CT molecular complexity index is 1350. The van der Waals surface area contributed by atoms with E-state index in [9.17, 15) is 22.4 Å². The molecule has 0 unspecified atom stereocenters. The molecule has 2 atom stereocenters. The number of nitrogens with zero attached hydrogens (tertiary/aromatic N) is 2. The van der Waals surface area contributed by atoms with E-state index in [1.54, 1.807) is 36.4 Å². The number of nitrogens with one attached hydrogen (secondary N) is 1. The van der Waals surface area contributed by atoms with E-state index in [2.05, 4.69) is 21.2 Å². The molecule has 3 rings (SSSR count). The molecule has 3 aromatic carbocycles. The molecule has 0 heterocycles. The lowest BCUT2D eigenvalue weighted by atomic mass is 10.0. The molecule has 0 bridgehead atoms. The van der Waals surface area contributed by atoms with Gasteiger partial charge in [-0.05, 0) is 60.9 Å². The van der Waals surface area contributed by atoms with E-state index >= 15 is 0 Å². The molecule has 0 fully saturated rings. The monoisotopic (exact) mass is 617 g/mol. The summed E-state index contributed by atoms with van der Waals surface area (Å²) in [6, 6.07) is 20.5. The summed E-state index contributed by atoms with van der Waals surface area (Å²) in [5, 5.41) is 2.97. The van der Waals surface area contributed by atoms with Crippen molar-refractivity contribution >= 4 is 43.5 Å². The third kappa shape index (κ3) is 8.90. The molecule has 3 aromatic rings. The summed E-state index contributed by atoms with van der Waals surface area (Å²) < 4.78 is 41.0. The minimum Gasteiger partial charge on any atom is -0.352 e. The maximum absolute atomic E-state index is 14.0. The first-order valence-electron chi connectivity index (χ1n) is 12.6. The summed E-state index contributed by atoms with van der Waals surface area (Å²) >= 11 is 3.34. The van der Waals surface area contributed by atoms with Gasteiger partial charge in [-0.3, -0.25) is 13.9 Å². The molecular formula is C29H33BrFN3O4S. The first-order valence-corrected chi connectivity index (χ1v) is 15.2. The van der Waals surface area contributed by atoms with Crippen molar-refractivity contribution < 1.29 is 22.4 Å². The number of rotatable bonds is 12. The molecule has 0 aromatic heterocycles. The fourth-order valence-corrected chi connectivity index (χ4v) is 5.12. The summed E-state index contributed by atoms with van der Waals surface area (Å²) in [5.74, 6) is -1.34. The zero-order chi connectivity index (χ0) is 28.6. The van der Waals surface area contributed by atoms with Crippen molar-refractivity contribution in [3.8, 4) is 0 Å². The molecule has 0 saturated heterocycles. The van der Waals surface area contributed by atoms with E-state index in [1.807, 2.05) is 44.2 Å². The Morgan fingerprint density at radius 1 is 0.949 bits per heavy atom. The number of halogens is 2. The van der Waals surface area contributed by atoms with E-state index in [4.69, 9.17) is 0 Å². The van der Waals surface area contributed by atoms with Crippen LogP contribution in [0.1, 0.15) is 31.4 Å². The summed E-state index contributed by atoms with van der Waals surface area (Å²) in [6.45, 7) is 3.30. The predicted molar refractivity (Wildman–Crippen MR) is 155 cm³/mol. The molecule has 7 nitrogen and oxygen atoms in total. The topological polar surface area (TPSA) is 86.8 Å². The fraction of sp³-hybridized carbons (Fsp3) is 0.310. The fourth-order valence-electron chi connectivity index (χ4n) is 4.00. The molecule has 1 N–H and O–H groups in total. The Balaban J connectivity index is 2.04. The van der Waals surface area contributed by atoms with Crippen LogP contribution in [0.5, 0.6) is 0 Å². The predicted octanol–water partition coefficient (Wildman–Crippen LogP) is 4.91. The standard InChI is InChI=1S/C29H33BrFN3O4S/c1-4-21(2)32-29(36)27(18-22-8-6-5-7-9-22)33(19-23-10-14-25(31)15-11-23)28(35)20-34(39(3,37)38)26-16-12-24(30)13-17-26/h5-17,21,27H,4,18-20H2,1-3H3,(H,32,36)/t21-,27-/m1/s1. The van der Waals surface area contributed by atoms with Crippen molar-refractivity contribution in [1.29, 1.82) is 0 Å². The Labute approximate surface area is 238 Å². The highest BCUT2D eigenvalue weighted by Crippen LogP contribution is 2.22. The molecule has 2 amide bonds. The van der Waals surface area contributed by atoms with Crippen LogP contribution in [0.4, 0.5) is 10.1 Å². The van der Waals surface area contributed by atoms with Crippen LogP contribution < -0.4 is 9.62 Å². The van der Waals surface area contributed by atoms with Crippen molar-refractivity contribution in [2.45, 2.75) is 45.3 Å². The van der Waals surface area contributed by atoms with Gasteiger partial charge in [0.15, 0.2) is 0 Å². The number of benzene rings is 3. The average molecular weight is 619 g/mol. The molecule has 0 aliphatic heterocycles. The van der Waals surface area contributed by atoms with Gasteiger partial charge in [0.2, 0.25) is 21.8 Å². The van der Waals surface area contributed by atoms with Gasteiger partial charge in [0.1, 0.15) is 18.4 Å². The van der Waals surface area contributed by atoms with Crippen LogP contribution in [0.3, 0.4) is 0 Å². The van der Waals surface area contributed by atoms with Crippen LogP contribution in [0.15, 0.2) is 83.3 Å². The third-order valence-corrected chi connectivity index (χ3v) is 8.00. The molecule has 0 aliphatic rings. The average Bonchev–Trinajstić information content (AvgIpc) is 2.90. The van der Waals surface area contributed by atoms with Crippen LogP contribution >= 0.6 is 15.9 Å². The number of carbonyl (C=O) groups excluding carboxylic acids is 2. The molecule has 0 spiro atoms. The normalized spacial score (nSPS) is 12.8. The minimum atomic E-state index is -3.85. The van der Waals surface area contributed by atoms with Crippen LogP contribution in [0, 0.1) is 5.82 Å². The van der Waals surface area contributed by atoms with Gasteiger partial charge in [-0.1, -0.05) is 65.3 Å². The number of sulfonamides is 1. The summed E-state index contributed by atoms with van der Waals surface area (Å²) in [6.07, 6.45) is 1.94. The van der Waals surface area contributed by atoms with Crippen LogP contribution in [-0.2, 0) is 32.6 Å². The quantitative estimate of drug-likeness (QED) is 0.313. The molecule has 0 aliphatic carbocycles. The Hall–Kier alpha value is -3.24. The highest BCUT2D eigenvalue weighted by atomic mass is 79.9. The summed E-state index contributed by atoms with van der Waals surface area (Å²) in [5.41, 5.74) is 1.76. The molecular weight excluding hydrogens is 585 g/mol. The number of carbonyl (C=O) groups is 2. The van der Waals surface area contributed by atoms with Gasteiger partial charge >= 0.3 is 0 Å². The van der Waals surface area contributed by atoms with E-state index in [1.165, 1.54) is 17.0 Å². The third-order valence-electron chi connectivity index (χ3n) is 6.33. The molecule has 0 radical (unpaired) electrons. The molecule has 0 saturated carbocycles. The maximum Gasteiger partial charge on any atom is 0.244 e. The second-order valence-corrected chi connectivity index (χ2v) is 12.2. The van der Waals surface area contributed by atoms with Gasteiger partial charge in [-0.2, -0.15) is 0 Å². The van der Waals surface area contributed by atoms with Crippen molar-refractivity contribution in [3.05, 3.63) is 100 Å². The number of hydrogen-bond donors (Lipinski definition) is 1. The SMILES string of the molecule is CC[C@@H](C)NC(=O)[C@@H](Cc1ccccc1)N(Cc1ccc(F)cc1)C(=O)CN(c1ccc(Br)cc1)S(C)(=O)=O. The van der Waals surface area contributed by atoms with Gasteiger partial charge in [0.05, 0.1) is 11.9 Å². The van der Waals surface area contributed by atoms with Crippen LogP contribution in [0.2, 0.25) is 0 Å². The van der Waals surface area contributed by atoms with E-state index in [-0.39, 0.29) is 24.9 Å². The lowest BCUT2D eigenvalue weighted by molar-refractivity contribution is -0.140. The molecule has 208 valence electrons.